The highest BCUT2D eigenvalue weighted by Crippen LogP contribution is 2.39. The number of fused-ring (bicyclic) bond motifs is 9. The van der Waals surface area contributed by atoms with E-state index >= 15 is 0 Å². The Bertz CT molecular complexity index is 3870. The van der Waals surface area contributed by atoms with Crippen LogP contribution in [0.25, 0.3) is 122 Å². The number of para-hydroxylation sites is 2. The van der Waals surface area contributed by atoms with Gasteiger partial charge in [-0.15, -0.1) is 0 Å². The number of nitrogens with zero attached hydrogens (tertiary/aromatic N) is 7. The highest BCUT2D eigenvalue weighted by molar-refractivity contribution is 6.12. The molecule has 6 aromatic heterocycles. The molecule has 0 bridgehead atoms. The van der Waals surface area contributed by atoms with E-state index in [2.05, 4.69) is 165 Å². The fraction of sp³-hybridized carbons (Fsp3) is 0. The van der Waals surface area contributed by atoms with Gasteiger partial charge in [0, 0.05) is 49.8 Å². The van der Waals surface area contributed by atoms with Gasteiger partial charge in [-0.1, -0.05) is 115 Å². The van der Waals surface area contributed by atoms with Gasteiger partial charge in [0.1, 0.15) is 17.4 Å². The number of pyridine rings is 2. The molecular formula is C55H33N7O. The van der Waals surface area contributed by atoms with Crippen molar-refractivity contribution in [2.75, 3.05) is 0 Å². The van der Waals surface area contributed by atoms with Crippen molar-refractivity contribution in [3.8, 4) is 56.7 Å². The van der Waals surface area contributed by atoms with Crippen molar-refractivity contribution in [3.05, 3.63) is 201 Å². The Hall–Kier alpha value is -8.75. The van der Waals surface area contributed by atoms with Crippen molar-refractivity contribution in [1.82, 2.24) is 34.1 Å². The second-order valence-corrected chi connectivity index (χ2v) is 15.8. The zero-order valence-corrected chi connectivity index (χ0v) is 33.6. The predicted molar refractivity (Wildman–Crippen MR) is 253 cm³/mol. The first-order valence-corrected chi connectivity index (χ1v) is 20.9. The molecule has 0 unspecified atom stereocenters. The number of hydrogen-bond donors (Lipinski definition) is 0. The van der Waals surface area contributed by atoms with Crippen LogP contribution in [0.15, 0.2) is 205 Å². The number of rotatable bonds is 6. The Kier molecular flexibility index (Phi) is 7.74. The zero-order valence-electron chi connectivity index (χ0n) is 33.6. The third-order valence-corrected chi connectivity index (χ3v) is 12.1. The Balaban J connectivity index is 0.961. The molecule has 0 aliphatic carbocycles. The Morgan fingerprint density at radius 3 is 1.76 bits per heavy atom. The van der Waals surface area contributed by atoms with Crippen LogP contribution in [0.4, 0.5) is 0 Å². The van der Waals surface area contributed by atoms with Gasteiger partial charge in [-0.25, -0.2) is 15.0 Å². The quantitative estimate of drug-likeness (QED) is 0.166. The molecule has 294 valence electrons. The minimum absolute atomic E-state index is 0.541. The fourth-order valence-electron chi connectivity index (χ4n) is 9.23. The molecule has 0 spiro atoms. The molecule has 8 heteroatoms. The maximum atomic E-state index is 6.05. The molecule has 8 nitrogen and oxygen atoms in total. The molecule has 0 fully saturated rings. The van der Waals surface area contributed by atoms with E-state index in [1.165, 1.54) is 10.8 Å². The summed E-state index contributed by atoms with van der Waals surface area (Å²) in [5.41, 5.74) is 14.7. The molecule has 0 saturated carbocycles. The third-order valence-electron chi connectivity index (χ3n) is 12.1. The molecular weight excluding hydrogens is 775 g/mol. The number of furan rings is 1. The van der Waals surface area contributed by atoms with Crippen molar-refractivity contribution in [1.29, 1.82) is 0 Å². The molecule has 0 N–H and O–H groups in total. The maximum absolute atomic E-state index is 6.05. The van der Waals surface area contributed by atoms with Gasteiger partial charge in [-0.2, -0.15) is 4.98 Å². The lowest BCUT2D eigenvalue weighted by atomic mass is 10.0. The first-order valence-electron chi connectivity index (χ1n) is 20.9. The van der Waals surface area contributed by atoms with Crippen LogP contribution in [-0.2, 0) is 0 Å². The first-order chi connectivity index (χ1) is 31.2. The van der Waals surface area contributed by atoms with Crippen molar-refractivity contribution < 1.29 is 4.42 Å². The molecule has 0 aliphatic heterocycles. The van der Waals surface area contributed by atoms with E-state index in [0.29, 0.717) is 11.8 Å². The van der Waals surface area contributed by atoms with Gasteiger partial charge in [0.05, 0.1) is 39.1 Å². The van der Waals surface area contributed by atoms with Crippen LogP contribution in [0.1, 0.15) is 0 Å². The summed E-state index contributed by atoms with van der Waals surface area (Å²) in [6, 6.07) is 65.6. The van der Waals surface area contributed by atoms with Crippen LogP contribution in [0.2, 0.25) is 0 Å². The van der Waals surface area contributed by atoms with Crippen molar-refractivity contribution >= 4 is 65.7 Å². The highest BCUT2D eigenvalue weighted by atomic mass is 16.3. The minimum atomic E-state index is 0.541. The van der Waals surface area contributed by atoms with E-state index < -0.39 is 0 Å². The average molecular weight is 808 g/mol. The van der Waals surface area contributed by atoms with E-state index in [4.69, 9.17) is 19.4 Å². The molecule has 0 aliphatic rings. The SMILES string of the molecule is c1ccc(-c2cc(-n3c4ccccc4c4cc(-c5ccc6c7ccccc7n(-c7ncnc(-c8ccc9oc%10cccnc%10c9c8)n7)c6c5)ccc43)cc(-c3ccccc3)n2)cc1. The summed E-state index contributed by atoms with van der Waals surface area (Å²) in [5.74, 6) is 1.11. The molecule has 0 amide bonds. The highest BCUT2D eigenvalue weighted by Gasteiger charge is 2.19. The topological polar surface area (TPSA) is 87.5 Å². The van der Waals surface area contributed by atoms with Gasteiger partial charge in [0.2, 0.25) is 5.95 Å². The van der Waals surface area contributed by atoms with Crippen molar-refractivity contribution in [2.45, 2.75) is 0 Å². The van der Waals surface area contributed by atoms with Crippen molar-refractivity contribution in [3.63, 3.8) is 0 Å². The Morgan fingerprint density at radius 2 is 0.984 bits per heavy atom. The standard InChI is InChI=1S/C55H33N7O/c1-3-12-34(13-4-1)45-31-39(32-46(59-45)35-14-5-2-6-15-35)61-47-18-9-8-17-41(47)43-28-36(22-25-49(43)61)37-21-24-42-40-16-7-10-19-48(40)62(50(42)30-37)55-58-33-57-54(60-55)38-23-26-51-44(29-38)53-52(63-51)20-11-27-56-53/h1-33H. The van der Waals surface area contributed by atoms with E-state index in [-0.39, 0.29) is 0 Å². The minimum Gasteiger partial charge on any atom is -0.454 e. The average Bonchev–Trinajstić information content (AvgIpc) is 4.01. The fourth-order valence-corrected chi connectivity index (χ4v) is 9.23. The smallest absolute Gasteiger partial charge is 0.238 e. The number of aromatic nitrogens is 7. The predicted octanol–water partition coefficient (Wildman–Crippen LogP) is 13.4. The molecule has 0 radical (unpaired) electrons. The lowest BCUT2D eigenvalue weighted by Gasteiger charge is -2.13. The Morgan fingerprint density at radius 1 is 0.365 bits per heavy atom. The van der Waals surface area contributed by atoms with Gasteiger partial charge in [0.15, 0.2) is 11.4 Å². The van der Waals surface area contributed by atoms with Gasteiger partial charge >= 0.3 is 0 Å². The summed E-state index contributed by atoms with van der Waals surface area (Å²) >= 11 is 0. The normalized spacial score (nSPS) is 11.8. The first kappa shape index (κ1) is 35.0. The third kappa shape index (κ3) is 5.66. The summed E-state index contributed by atoms with van der Waals surface area (Å²) in [6.07, 6.45) is 3.37. The van der Waals surface area contributed by atoms with Crippen LogP contribution in [-0.4, -0.2) is 34.1 Å². The van der Waals surface area contributed by atoms with E-state index in [1.54, 1.807) is 12.5 Å². The lowest BCUT2D eigenvalue weighted by molar-refractivity contribution is 0.668. The maximum Gasteiger partial charge on any atom is 0.238 e. The van der Waals surface area contributed by atoms with Crippen LogP contribution >= 0.6 is 0 Å². The molecule has 13 rings (SSSR count). The monoisotopic (exact) mass is 807 g/mol. The molecule has 63 heavy (non-hydrogen) atoms. The summed E-state index contributed by atoms with van der Waals surface area (Å²) in [6.45, 7) is 0. The summed E-state index contributed by atoms with van der Waals surface area (Å²) in [4.78, 5) is 24.3. The largest absolute Gasteiger partial charge is 0.454 e. The van der Waals surface area contributed by atoms with Crippen LogP contribution in [0.3, 0.4) is 0 Å². The molecule has 13 aromatic rings. The van der Waals surface area contributed by atoms with Gasteiger partial charge < -0.3 is 8.98 Å². The van der Waals surface area contributed by atoms with E-state index in [1.807, 2.05) is 42.5 Å². The summed E-state index contributed by atoms with van der Waals surface area (Å²) in [5, 5.41) is 5.51. The van der Waals surface area contributed by atoms with Crippen LogP contribution in [0.5, 0.6) is 0 Å². The van der Waals surface area contributed by atoms with Crippen LogP contribution < -0.4 is 0 Å². The lowest BCUT2D eigenvalue weighted by Crippen LogP contribution is -2.03. The number of hydrogen-bond acceptors (Lipinski definition) is 6. The molecule has 0 saturated heterocycles. The zero-order chi connectivity index (χ0) is 41.4. The van der Waals surface area contributed by atoms with Gasteiger partial charge in [0.25, 0.3) is 0 Å². The van der Waals surface area contributed by atoms with Gasteiger partial charge in [-0.05, 0) is 83.9 Å². The van der Waals surface area contributed by atoms with Crippen LogP contribution in [0, 0.1) is 0 Å². The molecule has 6 heterocycles. The molecule has 0 atom stereocenters. The second-order valence-electron chi connectivity index (χ2n) is 15.8. The van der Waals surface area contributed by atoms with E-state index in [0.717, 1.165) is 99.8 Å². The number of benzene rings is 7. The second kappa shape index (κ2) is 13.9. The van der Waals surface area contributed by atoms with E-state index in [9.17, 15) is 0 Å². The summed E-state index contributed by atoms with van der Waals surface area (Å²) in [7, 11) is 0. The van der Waals surface area contributed by atoms with Gasteiger partial charge in [-0.3, -0.25) is 9.55 Å². The Labute approximate surface area is 360 Å². The molecule has 7 aromatic carbocycles. The summed E-state index contributed by atoms with van der Waals surface area (Å²) < 4.78 is 10.6. The van der Waals surface area contributed by atoms with Crippen molar-refractivity contribution in [2.24, 2.45) is 0 Å².